The van der Waals surface area contributed by atoms with Crippen LogP contribution >= 0.6 is 11.6 Å². The van der Waals surface area contributed by atoms with E-state index in [1.165, 1.54) is 0 Å². The van der Waals surface area contributed by atoms with Gasteiger partial charge in [0.1, 0.15) is 5.82 Å². The molecule has 1 atom stereocenters. The number of aromatic nitrogens is 2. The number of hydrogen-bond donors (Lipinski definition) is 2. The minimum absolute atomic E-state index is 0.0277. The van der Waals surface area contributed by atoms with E-state index < -0.39 is 5.41 Å². The number of nitrogens with one attached hydrogen (secondary N) is 2. The maximum absolute atomic E-state index is 12.1. The number of benzene rings is 1. The lowest BCUT2D eigenvalue weighted by Gasteiger charge is -2.25. The zero-order valence-electron chi connectivity index (χ0n) is 14.4. The highest BCUT2D eigenvalue weighted by molar-refractivity contribution is 6.31. The van der Waals surface area contributed by atoms with Gasteiger partial charge < -0.3 is 15.2 Å². The Morgan fingerprint density at radius 3 is 2.78 bits per heavy atom. The number of imidazole rings is 1. The molecular formula is C17H25ClN4O. The second-order valence-electron chi connectivity index (χ2n) is 6.51. The molecule has 1 aromatic carbocycles. The molecule has 1 amide bonds. The van der Waals surface area contributed by atoms with E-state index in [0.717, 1.165) is 16.9 Å². The smallest absolute Gasteiger partial charge is 0.226 e. The number of carbonyl (C=O) groups is 1. The third-order valence-electron chi connectivity index (χ3n) is 4.07. The van der Waals surface area contributed by atoms with Crippen LogP contribution < -0.4 is 10.6 Å². The van der Waals surface area contributed by atoms with E-state index in [1.54, 1.807) is 0 Å². The van der Waals surface area contributed by atoms with Crippen molar-refractivity contribution in [2.75, 3.05) is 13.1 Å². The van der Waals surface area contributed by atoms with Crippen molar-refractivity contribution in [3.05, 3.63) is 29.0 Å². The lowest BCUT2D eigenvalue weighted by molar-refractivity contribution is -0.129. The number of rotatable bonds is 6. The Labute approximate surface area is 142 Å². The molecule has 2 aromatic rings. The molecule has 0 fully saturated rings. The van der Waals surface area contributed by atoms with Gasteiger partial charge in [-0.1, -0.05) is 11.6 Å². The van der Waals surface area contributed by atoms with Gasteiger partial charge in [0.15, 0.2) is 0 Å². The molecule has 0 unspecified atom stereocenters. The van der Waals surface area contributed by atoms with Crippen molar-refractivity contribution >= 4 is 28.5 Å². The molecule has 0 spiro atoms. The fraction of sp³-hybridized carbons (Fsp3) is 0.529. The number of carbonyl (C=O) groups excluding carboxylic acids is 1. The molecule has 2 rings (SSSR count). The number of fused-ring (bicyclic) bond motifs is 1. The minimum atomic E-state index is -0.474. The van der Waals surface area contributed by atoms with Gasteiger partial charge >= 0.3 is 0 Å². The van der Waals surface area contributed by atoms with Crippen LogP contribution in [-0.4, -0.2) is 28.5 Å². The predicted octanol–water partition coefficient (Wildman–Crippen LogP) is 3.04. The summed E-state index contributed by atoms with van der Waals surface area (Å²) in [6.07, 6.45) is 0. The molecule has 1 aromatic heterocycles. The van der Waals surface area contributed by atoms with Crippen molar-refractivity contribution in [2.45, 2.75) is 33.7 Å². The van der Waals surface area contributed by atoms with E-state index in [-0.39, 0.29) is 11.9 Å². The Morgan fingerprint density at radius 2 is 2.13 bits per heavy atom. The van der Waals surface area contributed by atoms with Crippen LogP contribution in [0.2, 0.25) is 5.02 Å². The maximum Gasteiger partial charge on any atom is 0.226 e. The van der Waals surface area contributed by atoms with Crippen LogP contribution in [-0.2, 0) is 11.8 Å². The lowest BCUT2D eigenvalue weighted by atomic mass is 9.92. The number of aryl methyl sites for hydroxylation is 1. The SMILES string of the molecule is CCNC(=O)C(C)(C)CN[C@@H](C)c1nc2ccc(Cl)cc2n1C. The van der Waals surface area contributed by atoms with E-state index in [4.69, 9.17) is 11.6 Å². The summed E-state index contributed by atoms with van der Waals surface area (Å²) in [5.41, 5.74) is 1.45. The van der Waals surface area contributed by atoms with Gasteiger partial charge in [0.05, 0.1) is 22.5 Å². The van der Waals surface area contributed by atoms with Crippen LogP contribution in [0.3, 0.4) is 0 Å². The van der Waals surface area contributed by atoms with E-state index in [2.05, 4.69) is 22.5 Å². The van der Waals surface area contributed by atoms with Crippen LogP contribution in [0.1, 0.15) is 39.6 Å². The van der Waals surface area contributed by atoms with Crippen LogP contribution in [0.15, 0.2) is 18.2 Å². The van der Waals surface area contributed by atoms with Crippen molar-refractivity contribution in [3.63, 3.8) is 0 Å². The van der Waals surface area contributed by atoms with Gasteiger partial charge in [0, 0.05) is 25.2 Å². The van der Waals surface area contributed by atoms with Crippen LogP contribution in [0.4, 0.5) is 0 Å². The molecule has 23 heavy (non-hydrogen) atoms. The summed E-state index contributed by atoms with van der Waals surface area (Å²) < 4.78 is 2.04. The fourth-order valence-electron chi connectivity index (χ4n) is 2.55. The first-order chi connectivity index (χ1) is 10.8. The average molecular weight is 337 g/mol. The molecule has 0 aliphatic rings. The lowest BCUT2D eigenvalue weighted by Crippen LogP contribution is -2.44. The topological polar surface area (TPSA) is 59.0 Å². The highest BCUT2D eigenvalue weighted by Crippen LogP contribution is 2.23. The van der Waals surface area contributed by atoms with Crippen molar-refractivity contribution < 1.29 is 4.79 Å². The summed E-state index contributed by atoms with van der Waals surface area (Å²) in [5, 5.41) is 6.99. The molecule has 126 valence electrons. The Balaban J connectivity index is 2.13. The molecule has 0 aliphatic carbocycles. The summed E-state index contributed by atoms with van der Waals surface area (Å²) in [4.78, 5) is 16.7. The van der Waals surface area contributed by atoms with Gasteiger partial charge in [-0.2, -0.15) is 0 Å². The normalized spacial score (nSPS) is 13.3. The molecule has 1 heterocycles. The fourth-order valence-corrected chi connectivity index (χ4v) is 2.71. The highest BCUT2D eigenvalue weighted by atomic mass is 35.5. The Bertz CT molecular complexity index is 708. The minimum Gasteiger partial charge on any atom is -0.356 e. The average Bonchev–Trinajstić information content (AvgIpc) is 2.82. The van der Waals surface area contributed by atoms with E-state index in [9.17, 15) is 4.79 Å². The second-order valence-corrected chi connectivity index (χ2v) is 6.94. The maximum atomic E-state index is 12.1. The zero-order chi connectivity index (χ0) is 17.2. The molecule has 0 saturated heterocycles. The molecule has 0 bridgehead atoms. The Hall–Kier alpha value is -1.59. The highest BCUT2D eigenvalue weighted by Gasteiger charge is 2.28. The summed E-state index contributed by atoms with van der Waals surface area (Å²) in [7, 11) is 1.98. The summed E-state index contributed by atoms with van der Waals surface area (Å²) in [5.74, 6) is 0.977. The van der Waals surface area contributed by atoms with Gasteiger partial charge in [0.2, 0.25) is 5.91 Å². The van der Waals surface area contributed by atoms with Crippen molar-refractivity contribution in [1.29, 1.82) is 0 Å². The molecule has 5 nitrogen and oxygen atoms in total. The quantitative estimate of drug-likeness (QED) is 0.852. The Morgan fingerprint density at radius 1 is 1.43 bits per heavy atom. The van der Waals surface area contributed by atoms with Crippen LogP contribution in [0.5, 0.6) is 0 Å². The molecule has 6 heteroatoms. The van der Waals surface area contributed by atoms with Crippen molar-refractivity contribution in [3.8, 4) is 0 Å². The largest absolute Gasteiger partial charge is 0.356 e. The molecular weight excluding hydrogens is 312 g/mol. The first-order valence-electron chi connectivity index (χ1n) is 7.90. The third kappa shape index (κ3) is 3.85. The Kier molecular flexibility index (Phi) is 5.32. The number of nitrogens with zero attached hydrogens (tertiary/aromatic N) is 2. The van der Waals surface area contributed by atoms with Gasteiger partial charge in [-0.05, 0) is 45.9 Å². The number of amides is 1. The predicted molar refractivity (Wildman–Crippen MR) is 94.6 cm³/mol. The number of hydrogen-bond acceptors (Lipinski definition) is 3. The first kappa shape index (κ1) is 17.8. The summed E-state index contributed by atoms with van der Waals surface area (Å²) >= 11 is 6.06. The molecule has 0 radical (unpaired) electrons. The monoisotopic (exact) mass is 336 g/mol. The second kappa shape index (κ2) is 6.89. The zero-order valence-corrected chi connectivity index (χ0v) is 15.2. The van der Waals surface area contributed by atoms with Gasteiger partial charge in [-0.25, -0.2) is 4.98 Å². The summed E-state index contributed by atoms with van der Waals surface area (Å²) in [6.45, 7) is 9.07. The van der Waals surface area contributed by atoms with E-state index in [0.29, 0.717) is 18.1 Å². The molecule has 0 aliphatic heterocycles. The first-order valence-corrected chi connectivity index (χ1v) is 8.27. The third-order valence-corrected chi connectivity index (χ3v) is 4.30. The standard InChI is InChI=1S/C17H25ClN4O/c1-6-19-16(23)17(3,4)10-20-11(2)15-21-13-8-7-12(18)9-14(13)22(15)5/h7-9,11,20H,6,10H2,1-5H3,(H,19,23)/t11-/m0/s1. The van der Waals surface area contributed by atoms with Gasteiger partial charge in [-0.15, -0.1) is 0 Å². The van der Waals surface area contributed by atoms with Crippen LogP contribution in [0, 0.1) is 5.41 Å². The van der Waals surface area contributed by atoms with Gasteiger partial charge in [-0.3, -0.25) is 4.79 Å². The van der Waals surface area contributed by atoms with E-state index >= 15 is 0 Å². The number of halogens is 1. The summed E-state index contributed by atoms with van der Waals surface area (Å²) in [6, 6.07) is 5.71. The molecule has 2 N–H and O–H groups in total. The molecule has 0 saturated carbocycles. The van der Waals surface area contributed by atoms with Crippen LogP contribution in [0.25, 0.3) is 11.0 Å². The van der Waals surface area contributed by atoms with Crippen molar-refractivity contribution in [1.82, 2.24) is 20.2 Å². The van der Waals surface area contributed by atoms with Gasteiger partial charge in [0.25, 0.3) is 0 Å². The van der Waals surface area contributed by atoms with Crippen molar-refractivity contribution in [2.24, 2.45) is 12.5 Å². The van der Waals surface area contributed by atoms with E-state index in [1.807, 2.05) is 50.6 Å².